The number of aromatic hydroxyl groups is 2. The number of rotatable bonds is 5. The molecule has 24 heavy (non-hydrogen) atoms. The van der Waals surface area contributed by atoms with Gasteiger partial charge in [0.25, 0.3) is 5.91 Å². The van der Waals surface area contributed by atoms with Gasteiger partial charge in [-0.15, -0.1) is 0 Å². The summed E-state index contributed by atoms with van der Waals surface area (Å²) in [5.41, 5.74) is -0.860. The van der Waals surface area contributed by atoms with Crippen molar-refractivity contribution in [2.75, 3.05) is 13.1 Å². The SMILES string of the molecule is CC.CCN(CC)C(=O)/C(C#N)=C/c1cc(O)c(O)c([N+](=O)[O-])c1. The Kier molecular flexibility index (Phi) is 8.58. The molecule has 0 atom stereocenters. The Morgan fingerprint density at radius 2 is 1.88 bits per heavy atom. The van der Waals surface area contributed by atoms with Gasteiger partial charge in [-0.1, -0.05) is 13.8 Å². The zero-order valence-corrected chi connectivity index (χ0v) is 14.1. The predicted octanol–water partition coefficient (Wildman–Crippen LogP) is 2.81. The lowest BCUT2D eigenvalue weighted by atomic mass is 10.1. The van der Waals surface area contributed by atoms with Crippen LogP contribution in [-0.2, 0) is 4.79 Å². The molecule has 0 fully saturated rings. The van der Waals surface area contributed by atoms with Crippen molar-refractivity contribution in [1.29, 1.82) is 5.26 Å². The molecule has 0 aliphatic carbocycles. The molecule has 130 valence electrons. The van der Waals surface area contributed by atoms with Crippen LogP contribution < -0.4 is 0 Å². The Labute approximate surface area is 140 Å². The lowest BCUT2D eigenvalue weighted by molar-refractivity contribution is -0.386. The third kappa shape index (κ3) is 4.98. The second kappa shape index (κ2) is 9.84. The van der Waals surface area contributed by atoms with Crippen LogP contribution in [0, 0.1) is 21.4 Å². The van der Waals surface area contributed by atoms with Crippen LogP contribution in [0.3, 0.4) is 0 Å². The smallest absolute Gasteiger partial charge is 0.315 e. The van der Waals surface area contributed by atoms with Crippen LogP contribution in [0.25, 0.3) is 6.08 Å². The van der Waals surface area contributed by atoms with Crippen LogP contribution in [0.5, 0.6) is 11.5 Å². The molecule has 0 heterocycles. The number of hydrogen-bond donors (Lipinski definition) is 2. The molecule has 0 aliphatic heterocycles. The molecule has 2 N–H and O–H groups in total. The molecule has 0 spiro atoms. The van der Waals surface area contributed by atoms with Crippen molar-refractivity contribution in [3.63, 3.8) is 0 Å². The highest BCUT2D eigenvalue weighted by atomic mass is 16.6. The number of nitrogens with zero attached hydrogens (tertiary/aromatic N) is 3. The second-order valence-electron chi connectivity index (χ2n) is 4.31. The third-order valence-electron chi connectivity index (χ3n) is 3.00. The fourth-order valence-electron chi connectivity index (χ4n) is 1.84. The number of phenolic OH excluding ortho intramolecular Hbond substituents is 2. The van der Waals surface area contributed by atoms with Crippen molar-refractivity contribution in [3.8, 4) is 17.6 Å². The van der Waals surface area contributed by atoms with Crippen molar-refractivity contribution >= 4 is 17.7 Å². The fraction of sp³-hybridized carbons (Fsp3) is 0.375. The average molecular weight is 335 g/mol. The van der Waals surface area contributed by atoms with Gasteiger partial charge in [-0.2, -0.15) is 5.26 Å². The lowest BCUT2D eigenvalue weighted by Crippen LogP contribution is -2.31. The molecule has 1 aromatic carbocycles. The molecule has 8 nitrogen and oxygen atoms in total. The number of nitro benzene ring substituents is 1. The molecule has 8 heteroatoms. The van der Waals surface area contributed by atoms with Gasteiger partial charge in [0.1, 0.15) is 11.6 Å². The number of hydrogen-bond acceptors (Lipinski definition) is 6. The summed E-state index contributed by atoms with van der Waals surface area (Å²) in [5, 5.41) is 38.8. The van der Waals surface area contributed by atoms with Gasteiger partial charge >= 0.3 is 5.69 Å². The van der Waals surface area contributed by atoms with Crippen LogP contribution in [-0.4, -0.2) is 39.0 Å². The highest BCUT2D eigenvalue weighted by Crippen LogP contribution is 2.36. The van der Waals surface area contributed by atoms with Crippen molar-refractivity contribution < 1.29 is 19.9 Å². The lowest BCUT2D eigenvalue weighted by Gasteiger charge is -2.17. The Balaban J connectivity index is 0.00000254. The Morgan fingerprint density at radius 1 is 1.33 bits per heavy atom. The molecule has 0 radical (unpaired) electrons. The van der Waals surface area contributed by atoms with E-state index in [4.69, 9.17) is 5.26 Å². The normalized spacial score (nSPS) is 10.2. The number of carbonyl (C=O) groups excluding carboxylic acids is 1. The summed E-state index contributed by atoms with van der Waals surface area (Å²) >= 11 is 0. The number of nitriles is 1. The Bertz CT molecular complexity index is 673. The first-order valence-corrected chi connectivity index (χ1v) is 7.47. The van der Waals surface area contributed by atoms with Gasteiger partial charge in [-0.3, -0.25) is 14.9 Å². The van der Waals surface area contributed by atoms with Gasteiger partial charge in [0.15, 0.2) is 5.75 Å². The van der Waals surface area contributed by atoms with E-state index in [1.807, 2.05) is 13.8 Å². The fourth-order valence-corrected chi connectivity index (χ4v) is 1.84. The zero-order chi connectivity index (χ0) is 18.9. The third-order valence-corrected chi connectivity index (χ3v) is 3.00. The summed E-state index contributed by atoms with van der Waals surface area (Å²) in [6.45, 7) is 8.34. The van der Waals surface area contributed by atoms with E-state index in [0.717, 1.165) is 18.2 Å². The Hall–Kier alpha value is -3.08. The van der Waals surface area contributed by atoms with Crippen molar-refractivity contribution in [2.24, 2.45) is 0 Å². The van der Waals surface area contributed by atoms with Crippen LogP contribution >= 0.6 is 0 Å². The number of amides is 1. The first kappa shape index (κ1) is 20.9. The largest absolute Gasteiger partial charge is 0.504 e. The molecule has 1 aromatic rings. The number of benzene rings is 1. The van der Waals surface area contributed by atoms with Gasteiger partial charge in [0.05, 0.1) is 4.92 Å². The van der Waals surface area contributed by atoms with E-state index >= 15 is 0 Å². The summed E-state index contributed by atoms with van der Waals surface area (Å²) in [7, 11) is 0. The zero-order valence-electron chi connectivity index (χ0n) is 14.1. The summed E-state index contributed by atoms with van der Waals surface area (Å²) < 4.78 is 0. The molecular weight excluding hydrogens is 314 g/mol. The van der Waals surface area contributed by atoms with Gasteiger partial charge in [0, 0.05) is 19.2 Å². The van der Waals surface area contributed by atoms with E-state index in [2.05, 4.69) is 0 Å². The standard InChI is InChI=1S/C14H15N3O5.C2H6/c1-3-16(4-2)14(20)10(8-15)5-9-6-11(17(21)22)13(19)12(18)7-9;1-2/h5-7,18-19H,3-4H2,1-2H3;1-2H3/b10-5+;. The van der Waals surface area contributed by atoms with E-state index < -0.39 is 28.0 Å². The van der Waals surface area contributed by atoms with Gasteiger partial charge in [-0.05, 0) is 31.6 Å². The molecule has 0 bridgehead atoms. The average Bonchev–Trinajstić information content (AvgIpc) is 2.58. The van der Waals surface area contributed by atoms with Crippen LogP contribution in [0.4, 0.5) is 5.69 Å². The van der Waals surface area contributed by atoms with E-state index in [1.54, 1.807) is 19.9 Å². The minimum Gasteiger partial charge on any atom is -0.504 e. The van der Waals surface area contributed by atoms with Crippen molar-refractivity contribution in [3.05, 3.63) is 33.4 Å². The maximum Gasteiger partial charge on any atom is 0.315 e. The van der Waals surface area contributed by atoms with E-state index in [1.165, 1.54) is 4.90 Å². The maximum atomic E-state index is 12.1. The first-order valence-electron chi connectivity index (χ1n) is 7.47. The molecule has 1 rings (SSSR count). The molecule has 0 saturated carbocycles. The van der Waals surface area contributed by atoms with Gasteiger partial charge < -0.3 is 15.1 Å². The Morgan fingerprint density at radius 3 is 2.29 bits per heavy atom. The molecule has 0 aliphatic rings. The summed E-state index contributed by atoms with van der Waals surface area (Å²) in [4.78, 5) is 23.4. The summed E-state index contributed by atoms with van der Waals surface area (Å²) in [6, 6.07) is 3.75. The number of likely N-dealkylation sites (N-methyl/N-ethyl adjacent to an activating group) is 1. The summed E-state index contributed by atoms with van der Waals surface area (Å²) in [6.07, 6.45) is 1.13. The second-order valence-corrected chi connectivity index (χ2v) is 4.31. The quantitative estimate of drug-likeness (QED) is 0.280. The molecule has 0 unspecified atom stereocenters. The van der Waals surface area contributed by atoms with Gasteiger partial charge in [0.2, 0.25) is 5.75 Å². The van der Waals surface area contributed by atoms with Gasteiger partial charge in [-0.25, -0.2) is 0 Å². The first-order chi connectivity index (χ1) is 11.3. The monoisotopic (exact) mass is 335 g/mol. The van der Waals surface area contributed by atoms with Crippen molar-refractivity contribution in [2.45, 2.75) is 27.7 Å². The van der Waals surface area contributed by atoms with Crippen LogP contribution in [0.15, 0.2) is 17.7 Å². The van der Waals surface area contributed by atoms with E-state index in [0.29, 0.717) is 13.1 Å². The molecular formula is C16H21N3O5. The van der Waals surface area contributed by atoms with E-state index in [9.17, 15) is 25.1 Å². The number of nitro groups is 1. The molecule has 0 saturated heterocycles. The molecule has 1 amide bonds. The van der Waals surface area contributed by atoms with Crippen molar-refractivity contribution in [1.82, 2.24) is 4.90 Å². The highest BCUT2D eigenvalue weighted by Gasteiger charge is 2.20. The topological polar surface area (TPSA) is 128 Å². The van der Waals surface area contributed by atoms with Crippen LogP contribution in [0.1, 0.15) is 33.3 Å². The number of phenols is 2. The van der Waals surface area contributed by atoms with Crippen LogP contribution in [0.2, 0.25) is 0 Å². The predicted molar refractivity (Wildman–Crippen MR) is 89.3 cm³/mol. The van der Waals surface area contributed by atoms with E-state index in [-0.39, 0.29) is 11.1 Å². The minimum absolute atomic E-state index is 0.0686. The number of carbonyl (C=O) groups is 1. The highest BCUT2D eigenvalue weighted by molar-refractivity contribution is 6.01. The maximum absolute atomic E-state index is 12.1. The minimum atomic E-state index is -0.870. The molecule has 0 aromatic heterocycles. The summed E-state index contributed by atoms with van der Waals surface area (Å²) in [5.74, 6) is -2.08.